The first-order valence-corrected chi connectivity index (χ1v) is 42.3. The van der Waals surface area contributed by atoms with Gasteiger partial charge in [-0.2, -0.15) is 0 Å². The van der Waals surface area contributed by atoms with Crippen molar-refractivity contribution in [2.24, 2.45) is 5.73 Å². The number of benzene rings is 5. The zero-order valence-electron chi connectivity index (χ0n) is 61.1. The highest BCUT2D eigenvalue weighted by molar-refractivity contribution is 6.74. The van der Waals surface area contributed by atoms with Gasteiger partial charge in [-0.1, -0.05) is 164 Å². The van der Waals surface area contributed by atoms with E-state index >= 15 is 0 Å². The number of carbonyl (C=O) groups excluding carboxylic acids is 2. The van der Waals surface area contributed by atoms with Crippen LogP contribution in [0.25, 0.3) is 45.0 Å². The maximum absolute atomic E-state index is 13.5. The lowest BCUT2D eigenvalue weighted by molar-refractivity contribution is 0.0592. The molecule has 0 aliphatic rings. The molecule has 0 aliphatic carbocycles. The number of aliphatic hydroxyl groups is 2. The minimum atomic E-state index is -1.93. The lowest BCUT2D eigenvalue weighted by atomic mass is 9.80. The number of esters is 2. The molecule has 34 heteroatoms. The molecule has 0 amide bonds. The third-order valence-electron chi connectivity index (χ3n) is 16.7. The van der Waals surface area contributed by atoms with Crippen LogP contribution in [0.1, 0.15) is 90.7 Å². The Morgan fingerprint density at radius 2 is 0.736 bits per heavy atom. The Morgan fingerprint density at radius 3 is 1.06 bits per heavy atom. The molecule has 1 unspecified atom stereocenters. The van der Waals surface area contributed by atoms with E-state index < -0.39 is 70.9 Å². The van der Waals surface area contributed by atoms with Crippen LogP contribution in [0.4, 0.5) is 22.0 Å². The summed E-state index contributed by atoms with van der Waals surface area (Å²) in [6.07, 6.45) is -0.882. The molecule has 0 saturated carbocycles. The summed E-state index contributed by atoms with van der Waals surface area (Å²) in [5, 5.41) is 37.8. The minimum Gasteiger partial charge on any atom is -0.465 e. The number of rotatable bonds is 16. The molecular weight excluding hydrogens is 1670 g/mol. The Labute approximate surface area is 687 Å². The van der Waals surface area contributed by atoms with Crippen LogP contribution in [-0.2, 0) is 38.1 Å². The third-order valence-corrected chi connectivity index (χ3v) is 28.0. The molecule has 10 aromatic rings. The van der Waals surface area contributed by atoms with E-state index in [4.69, 9.17) is 146 Å². The largest absolute Gasteiger partial charge is 0.488 e. The second kappa shape index (κ2) is 42.6. The lowest BCUT2D eigenvalue weighted by Crippen LogP contribution is -2.40. The first kappa shape index (κ1) is 94.2. The number of hydrogen-bond donors (Lipinski definition) is 5. The monoisotopic (exact) mass is 1740 g/mol. The number of methoxy groups -OCH3 is 2. The fourth-order valence-electron chi connectivity index (χ4n) is 8.54. The normalized spacial score (nSPS) is 11.5. The van der Waals surface area contributed by atoms with E-state index in [1.807, 2.05) is 12.1 Å². The van der Waals surface area contributed by atoms with Gasteiger partial charge in [-0.3, -0.25) is 0 Å². The predicted molar refractivity (Wildman–Crippen MR) is 436 cm³/mol. The number of halogens is 15. The van der Waals surface area contributed by atoms with E-state index in [9.17, 15) is 36.6 Å². The molecule has 10 rings (SSSR count). The third kappa shape index (κ3) is 28.9. The summed E-state index contributed by atoms with van der Waals surface area (Å²) in [6.45, 7) is 22.7. The first-order valence-electron chi connectivity index (χ1n) is 32.7. The van der Waals surface area contributed by atoms with Crippen molar-refractivity contribution >= 4 is 157 Å². The SMILES string of the molecule is CC(C)(C)[Si](C)(C)OCc1cc(-c2ccc(F)c(Cl)c2)nc(C(O)CN)c1.CC(C)(C)[Si](C)(C)OCc1cc(Cl)nc(-c2ccc(F)c(Cl)c2)c1.COC(=O)c1cc(Cl)nc(-c2ccc(F)c(Cl)c2)c1.COC(=O)c1cc(Cl)nc(Cl)c1.OB(O)c1ccc(F)c(Cl)c1.OCc1cc(Cl)nc(-c2ccc(F)c(Cl)c2)c1. The minimum absolute atomic E-state index is 0.0230. The van der Waals surface area contributed by atoms with Crippen LogP contribution in [0.2, 0.25) is 87.1 Å². The number of carbonyl (C=O) groups is 2. The van der Waals surface area contributed by atoms with Gasteiger partial charge in [0.05, 0.1) is 98.7 Å². The number of aliphatic hydroxyl groups excluding tert-OH is 2. The van der Waals surface area contributed by atoms with Gasteiger partial charge in [0.1, 0.15) is 61.0 Å². The van der Waals surface area contributed by atoms with Crippen LogP contribution < -0.4 is 11.2 Å². The molecule has 0 radical (unpaired) electrons. The van der Waals surface area contributed by atoms with E-state index in [0.717, 1.165) is 22.8 Å². The molecule has 5 aromatic heterocycles. The van der Waals surface area contributed by atoms with Crippen LogP contribution >= 0.6 is 116 Å². The van der Waals surface area contributed by atoms with Crippen molar-refractivity contribution in [1.29, 1.82) is 0 Å². The summed E-state index contributed by atoms with van der Waals surface area (Å²) < 4.78 is 87.0. The molecule has 0 fully saturated rings. The summed E-state index contributed by atoms with van der Waals surface area (Å²) >= 11 is 57.4. The molecule has 1 atom stereocenters. The van der Waals surface area contributed by atoms with Crippen molar-refractivity contribution in [2.45, 2.75) is 104 Å². The van der Waals surface area contributed by atoms with Crippen molar-refractivity contribution in [3.8, 4) is 45.0 Å². The Bertz CT molecular complexity index is 4830. The Morgan fingerprint density at radius 1 is 0.436 bits per heavy atom. The molecular formula is C76H76BCl10F5N6O10Si2. The van der Waals surface area contributed by atoms with Gasteiger partial charge in [0.15, 0.2) is 16.6 Å². The van der Waals surface area contributed by atoms with Crippen LogP contribution in [0, 0.1) is 29.1 Å². The van der Waals surface area contributed by atoms with Gasteiger partial charge < -0.3 is 44.3 Å². The van der Waals surface area contributed by atoms with Crippen molar-refractivity contribution < 1.29 is 70.1 Å². The van der Waals surface area contributed by atoms with Crippen molar-refractivity contribution in [2.75, 3.05) is 20.8 Å². The van der Waals surface area contributed by atoms with E-state index in [0.29, 0.717) is 74.7 Å². The smallest absolute Gasteiger partial charge is 0.465 e. The average molecular weight is 1750 g/mol. The average Bonchev–Trinajstić information content (AvgIpc) is 0.812. The zero-order valence-corrected chi connectivity index (χ0v) is 70.7. The topological polar surface area (TPSA) is 242 Å². The Kier molecular flexibility index (Phi) is 36.5. The number of aromatic nitrogens is 5. The molecule has 0 saturated heterocycles. The maximum atomic E-state index is 13.5. The summed E-state index contributed by atoms with van der Waals surface area (Å²) in [5.41, 5.74) is 14.0. The van der Waals surface area contributed by atoms with Gasteiger partial charge in [-0.15, -0.1) is 0 Å². The van der Waals surface area contributed by atoms with Crippen LogP contribution in [0.15, 0.2) is 152 Å². The van der Waals surface area contributed by atoms with Crippen LogP contribution in [0.3, 0.4) is 0 Å². The maximum Gasteiger partial charge on any atom is 0.488 e. The Balaban J connectivity index is 0.000000242. The molecule has 0 aliphatic heterocycles. The van der Waals surface area contributed by atoms with E-state index in [-0.39, 0.29) is 80.0 Å². The van der Waals surface area contributed by atoms with Gasteiger partial charge in [-0.25, -0.2) is 56.5 Å². The van der Waals surface area contributed by atoms with Gasteiger partial charge in [0.25, 0.3) is 0 Å². The lowest BCUT2D eigenvalue weighted by Gasteiger charge is -2.36. The number of hydrogen-bond acceptors (Lipinski definition) is 16. The zero-order chi connectivity index (χ0) is 82.5. The van der Waals surface area contributed by atoms with Crippen molar-refractivity contribution in [1.82, 2.24) is 24.9 Å². The molecule has 0 bridgehead atoms. The van der Waals surface area contributed by atoms with Crippen molar-refractivity contribution in [3.63, 3.8) is 0 Å². The quantitative estimate of drug-likeness (QED) is 0.0261. The number of ether oxygens (including phenoxy) is 2. The van der Waals surface area contributed by atoms with Crippen molar-refractivity contribution in [3.05, 3.63) is 265 Å². The van der Waals surface area contributed by atoms with Gasteiger partial charge in [-0.05, 0) is 204 Å². The summed E-state index contributed by atoms with van der Waals surface area (Å²) in [7, 11) is -2.84. The van der Waals surface area contributed by atoms with Crippen LogP contribution in [-0.4, -0.2) is 102 Å². The molecule has 16 nitrogen and oxygen atoms in total. The summed E-state index contributed by atoms with van der Waals surface area (Å²) in [5.74, 6) is -3.54. The number of nitrogens with two attached hydrogens (primary N) is 1. The molecule has 6 N–H and O–H groups in total. The molecule has 586 valence electrons. The second-order valence-electron chi connectivity index (χ2n) is 26.8. The van der Waals surface area contributed by atoms with E-state index in [1.165, 1.54) is 99.1 Å². The standard InChI is InChI=1S/C20H28ClFN2O2Si.C18H22Cl2FNOSi.C13H8Cl2FNO2.C12H8Cl2FNO.C7H5Cl2NO2.C6H5BClFO2/c1-20(2,3)27(4,5)26-12-13-8-17(24-18(9-13)19(25)11-23)14-6-7-16(22)15(21)10-14;1-18(2,3)24(4,5)23-11-12-8-16(22-17(20)9-12)13-6-7-15(21)14(19)10-13;1-19-13(18)8-5-11(17-12(15)6-8)7-2-3-10(16)9(14)4-7;13-9-5-8(1-2-10(9)15)11-3-7(6-17)4-12(14)16-11;1-12-7(11)4-2-5(8)10-6(9)3-4;8-5-3-4(7(10)11)1-2-6(5)9/h6-10,19,25H,11-12,23H2,1-5H3;6-10H,11H2,1-5H3;2-6H,1H3;1-5,17H,6H2;2-3H,1H3;1-3,10-11H. The second-order valence-corrected chi connectivity index (χ2v) is 40.4. The molecule has 110 heavy (non-hydrogen) atoms. The van der Waals surface area contributed by atoms with Gasteiger partial charge >= 0.3 is 19.1 Å². The number of pyridine rings is 5. The summed E-state index contributed by atoms with van der Waals surface area (Å²) in [4.78, 5) is 43.1. The van der Waals surface area contributed by atoms with Crippen LogP contribution in [0.5, 0.6) is 0 Å². The fourth-order valence-corrected chi connectivity index (χ4v) is 12.5. The van der Waals surface area contributed by atoms with E-state index in [1.54, 1.807) is 48.5 Å². The highest BCUT2D eigenvalue weighted by Crippen LogP contribution is 2.40. The molecule has 0 spiro atoms. The predicted octanol–water partition coefficient (Wildman–Crippen LogP) is 21.8. The highest BCUT2D eigenvalue weighted by Gasteiger charge is 2.38. The first-order chi connectivity index (χ1) is 51.3. The summed E-state index contributed by atoms with van der Waals surface area (Å²) in [6, 6.07) is 37.2. The Hall–Kier alpha value is -6.44. The number of nitrogens with zero attached hydrogens (tertiary/aromatic N) is 5. The van der Waals surface area contributed by atoms with Gasteiger partial charge in [0, 0.05) is 28.8 Å². The molecule has 5 heterocycles. The highest BCUT2D eigenvalue weighted by atomic mass is 35.5. The molecule has 5 aromatic carbocycles. The fraction of sp³-hybridized carbons (Fsp3) is 0.250. The van der Waals surface area contributed by atoms with Gasteiger partial charge in [0.2, 0.25) is 0 Å². The van der Waals surface area contributed by atoms with E-state index in [2.05, 4.69) is 102 Å².